The van der Waals surface area contributed by atoms with Crippen molar-refractivity contribution >= 4 is 29.4 Å². The van der Waals surface area contributed by atoms with Gasteiger partial charge >= 0.3 is 5.97 Å². The van der Waals surface area contributed by atoms with Crippen LogP contribution in [0.5, 0.6) is 0 Å². The van der Waals surface area contributed by atoms with Crippen LogP contribution >= 0.6 is 0 Å². The van der Waals surface area contributed by atoms with Gasteiger partial charge in [0.15, 0.2) is 6.61 Å². The number of benzene rings is 1. The number of ether oxygens (including phenoxy) is 1. The first-order chi connectivity index (χ1) is 12.5. The fraction of sp³-hybridized carbons (Fsp3) is 0.474. The van der Waals surface area contributed by atoms with Crippen LogP contribution in [0.1, 0.15) is 31.7 Å². The predicted molar refractivity (Wildman–Crippen MR) is 93.2 cm³/mol. The summed E-state index contributed by atoms with van der Waals surface area (Å²) < 4.78 is 5.08. The number of hydrogen-bond donors (Lipinski definition) is 0. The van der Waals surface area contributed by atoms with Crippen molar-refractivity contribution in [1.82, 2.24) is 4.90 Å². The van der Waals surface area contributed by atoms with Crippen LogP contribution in [0.25, 0.3) is 0 Å². The van der Waals surface area contributed by atoms with Crippen molar-refractivity contribution in [2.24, 2.45) is 5.92 Å². The van der Waals surface area contributed by atoms with Gasteiger partial charge in [-0.1, -0.05) is 25.1 Å². The minimum absolute atomic E-state index is 0.0632. The lowest BCUT2D eigenvalue weighted by molar-refractivity contribution is -0.157. The van der Waals surface area contributed by atoms with Crippen molar-refractivity contribution in [1.29, 1.82) is 0 Å². The highest BCUT2D eigenvalue weighted by molar-refractivity contribution is 6.01. The van der Waals surface area contributed by atoms with Crippen LogP contribution < -0.4 is 4.90 Å². The Balaban J connectivity index is 1.59. The molecule has 0 aliphatic carbocycles. The Hall–Kier alpha value is -2.70. The van der Waals surface area contributed by atoms with Gasteiger partial charge < -0.3 is 9.64 Å². The van der Waals surface area contributed by atoms with Crippen molar-refractivity contribution in [3.63, 3.8) is 0 Å². The lowest BCUT2D eigenvalue weighted by atomic mass is 10.1. The molecular weight excluding hydrogens is 336 g/mol. The van der Waals surface area contributed by atoms with Gasteiger partial charge in [0.1, 0.15) is 0 Å². The second-order valence-corrected chi connectivity index (χ2v) is 6.54. The maximum Gasteiger partial charge on any atom is 0.311 e. The largest absolute Gasteiger partial charge is 0.455 e. The number of esters is 1. The van der Waals surface area contributed by atoms with Gasteiger partial charge in [-0.2, -0.15) is 0 Å². The Kier molecular flexibility index (Phi) is 5.35. The Morgan fingerprint density at radius 3 is 2.65 bits per heavy atom. The molecule has 0 aromatic heterocycles. The van der Waals surface area contributed by atoms with Gasteiger partial charge in [-0.25, -0.2) is 0 Å². The molecule has 2 fully saturated rings. The van der Waals surface area contributed by atoms with Crippen molar-refractivity contribution < 1.29 is 23.9 Å². The summed E-state index contributed by atoms with van der Waals surface area (Å²) in [5.41, 5.74) is 1.85. The van der Waals surface area contributed by atoms with Crippen LogP contribution in [0.15, 0.2) is 24.3 Å². The van der Waals surface area contributed by atoms with Gasteiger partial charge in [0.25, 0.3) is 5.91 Å². The molecule has 2 heterocycles. The molecule has 7 heteroatoms. The summed E-state index contributed by atoms with van der Waals surface area (Å²) in [7, 11) is 0. The topological polar surface area (TPSA) is 84.0 Å². The molecule has 0 spiro atoms. The average Bonchev–Trinajstić information content (AvgIpc) is 3.25. The number of carbonyl (C=O) groups excluding carboxylic acids is 4. The number of nitrogens with zero attached hydrogens (tertiary/aromatic N) is 2. The molecule has 1 aromatic rings. The zero-order valence-corrected chi connectivity index (χ0v) is 14.8. The zero-order valence-electron chi connectivity index (χ0n) is 14.8. The highest BCUT2D eigenvalue weighted by atomic mass is 16.5. The van der Waals surface area contributed by atoms with Crippen LogP contribution in [0, 0.1) is 5.92 Å². The fourth-order valence-corrected chi connectivity index (χ4v) is 3.41. The van der Waals surface area contributed by atoms with Crippen LogP contribution in [0.2, 0.25) is 0 Å². The van der Waals surface area contributed by atoms with Crippen LogP contribution in [0.4, 0.5) is 5.69 Å². The van der Waals surface area contributed by atoms with E-state index >= 15 is 0 Å². The van der Waals surface area contributed by atoms with Crippen LogP contribution in [-0.4, -0.2) is 48.3 Å². The summed E-state index contributed by atoms with van der Waals surface area (Å²) in [5, 5.41) is 0. The number of imide groups is 1. The normalized spacial score (nSPS) is 20.0. The van der Waals surface area contributed by atoms with Crippen molar-refractivity contribution in [2.45, 2.75) is 32.6 Å². The van der Waals surface area contributed by atoms with Gasteiger partial charge in [0.05, 0.1) is 5.92 Å². The van der Waals surface area contributed by atoms with Gasteiger partial charge in [-0.3, -0.25) is 24.1 Å². The van der Waals surface area contributed by atoms with Gasteiger partial charge in [-0.05, 0) is 24.5 Å². The second kappa shape index (κ2) is 7.68. The molecule has 138 valence electrons. The number of rotatable bonds is 5. The van der Waals surface area contributed by atoms with E-state index in [0.29, 0.717) is 19.4 Å². The average molecular weight is 358 g/mol. The molecule has 1 aromatic carbocycles. The van der Waals surface area contributed by atoms with Crippen LogP contribution in [0.3, 0.4) is 0 Å². The number of anilines is 1. The summed E-state index contributed by atoms with van der Waals surface area (Å²) >= 11 is 0. The first kappa shape index (κ1) is 18.1. The minimum Gasteiger partial charge on any atom is -0.455 e. The highest BCUT2D eigenvalue weighted by Crippen LogP contribution is 2.29. The fourth-order valence-electron chi connectivity index (χ4n) is 3.41. The van der Waals surface area contributed by atoms with E-state index in [1.54, 1.807) is 4.90 Å². The molecule has 0 bridgehead atoms. The summed E-state index contributed by atoms with van der Waals surface area (Å²) in [5.74, 6) is -2.04. The smallest absolute Gasteiger partial charge is 0.311 e. The predicted octanol–water partition coefficient (Wildman–Crippen LogP) is 1.29. The Morgan fingerprint density at radius 2 is 1.96 bits per heavy atom. The third kappa shape index (κ3) is 3.61. The lowest BCUT2D eigenvalue weighted by Gasteiger charge is -2.20. The molecule has 1 atom stereocenters. The first-order valence-corrected chi connectivity index (χ1v) is 8.89. The molecular formula is C19H22N2O5. The van der Waals surface area contributed by atoms with Crippen molar-refractivity contribution in [3.05, 3.63) is 29.8 Å². The van der Waals surface area contributed by atoms with Crippen molar-refractivity contribution in [2.75, 3.05) is 24.6 Å². The van der Waals surface area contributed by atoms with E-state index in [4.69, 9.17) is 4.74 Å². The monoisotopic (exact) mass is 358 g/mol. The number of para-hydroxylation sites is 1. The standard InChI is InChI=1S/C19H22N2O5/c1-2-13-6-3-4-7-15(13)21-11-14(10-17(21)23)19(25)26-12-18(24)20-9-5-8-16(20)22/h3-4,6-7,14H,2,5,8-12H2,1H3/t14-/m1/s1. The molecule has 3 rings (SSSR count). The highest BCUT2D eigenvalue weighted by Gasteiger charge is 2.37. The maximum atomic E-state index is 12.3. The SMILES string of the molecule is CCc1ccccc1N1C[C@H](C(=O)OCC(=O)N2CCCC2=O)CC1=O. The lowest BCUT2D eigenvalue weighted by Crippen LogP contribution is -2.36. The Labute approximate surface area is 151 Å². The first-order valence-electron chi connectivity index (χ1n) is 8.89. The minimum atomic E-state index is -0.602. The number of carbonyl (C=O) groups is 4. The van der Waals surface area contributed by atoms with Crippen LogP contribution in [-0.2, 0) is 30.3 Å². The molecule has 2 saturated heterocycles. The van der Waals surface area contributed by atoms with E-state index in [1.807, 2.05) is 31.2 Å². The molecule has 0 saturated carbocycles. The number of likely N-dealkylation sites (tertiary alicyclic amines) is 1. The van der Waals surface area contributed by atoms with E-state index in [2.05, 4.69) is 0 Å². The van der Waals surface area contributed by atoms with E-state index in [1.165, 1.54) is 0 Å². The molecule has 0 N–H and O–H groups in total. The van der Waals surface area contributed by atoms with E-state index in [9.17, 15) is 19.2 Å². The van der Waals surface area contributed by atoms with E-state index in [0.717, 1.165) is 22.6 Å². The Bertz CT molecular complexity index is 745. The molecule has 3 amide bonds. The second-order valence-electron chi connectivity index (χ2n) is 6.54. The van der Waals surface area contributed by atoms with Gasteiger partial charge in [0, 0.05) is 31.6 Å². The maximum absolute atomic E-state index is 12.3. The molecule has 0 radical (unpaired) electrons. The van der Waals surface area contributed by atoms with Gasteiger partial charge in [0.2, 0.25) is 11.8 Å². The van der Waals surface area contributed by atoms with E-state index < -0.39 is 24.4 Å². The molecule has 2 aliphatic rings. The quantitative estimate of drug-likeness (QED) is 0.741. The van der Waals surface area contributed by atoms with Crippen molar-refractivity contribution in [3.8, 4) is 0 Å². The third-order valence-corrected chi connectivity index (χ3v) is 4.83. The van der Waals surface area contributed by atoms with Gasteiger partial charge in [-0.15, -0.1) is 0 Å². The molecule has 0 unspecified atom stereocenters. The summed E-state index contributed by atoms with van der Waals surface area (Å²) in [6, 6.07) is 7.60. The number of hydrogen-bond acceptors (Lipinski definition) is 5. The molecule has 7 nitrogen and oxygen atoms in total. The zero-order chi connectivity index (χ0) is 18.7. The summed E-state index contributed by atoms with van der Waals surface area (Å²) in [4.78, 5) is 50.8. The summed E-state index contributed by atoms with van der Waals surface area (Å²) in [6.45, 7) is 2.17. The molecule has 2 aliphatic heterocycles. The summed E-state index contributed by atoms with van der Waals surface area (Å²) in [6.07, 6.45) is 1.84. The number of aryl methyl sites for hydroxylation is 1. The Morgan fingerprint density at radius 1 is 1.19 bits per heavy atom. The molecule has 26 heavy (non-hydrogen) atoms. The van der Waals surface area contributed by atoms with E-state index in [-0.39, 0.29) is 24.8 Å². The number of amides is 3. The third-order valence-electron chi connectivity index (χ3n) is 4.83.